The number of carbonyl (C=O) groups is 1. The molecule has 1 aliphatic heterocycles. The quantitative estimate of drug-likeness (QED) is 0.299. The number of pyridine rings is 1. The minimum atomic E-state index is -0.132. The first-order valence-corrected chi connectivity index (χ1v) is 12.1. The Balaban J connectivity index is 1.29. The number of allylic oxidation sites excluding steroid dienone is 1. The van der Waals surface area contributed by atoms with E-state index >= 15 is 0 Å². The van der Waals surface area contributed by atoms with Crippen molar-refractivity contribution in [2.75, 3.05) is 31.9 Å². The lowest BCUT2D eigenvalue weighted by Crippen LogP contribution is -2.48. The number of amides is 1. The van der Waals surface area contributed by atoms with Crippen LogP contribution >= 0.6 is 11.8 Å². The largest absolute Gasteiger partial charge is 0.339 e. The van der Waals surface area contributed by atoms with E-state index in [2.05, 4.69) is 26.7 Å². The Hall–Kier alpha value is -3.50. The molecular formula is C24H25N7O2S. The van der Waals surface area contributed by atoms with Crippen molar-refractivity contribution in [2.45, 2.75) is 18.2 Å². The molecule has 0 spiro atoms. The number of piperazine rings is 1. The minimum absolute atomic E-state index is 0.0778. The van der Waals surface area contributed by atoms with Crippen molar-refractivity contribution in [1.82, 2.24) is 33.9 Å². The zero-order chi connectivity index (χ0) is 23.5. The highest BCUT2D eigenvalue weighted by atomic mass is 32.2. The average molecular weight is 476 g/mol. The van der Waals surface area contributed by atoms with Crippen LogP contribution in [-0.4, -0.2) is 71.8 Å². The summed E-state index contributed by atoms with van der Waals surface area (Å²) < 4.78 is 3.40. The molecule has 174 valence electrons. The summed E-state index contributed by atoms with van der Waals surface area (Å²) in [7, 11) is 0. The number of rotatable bonds is 7. The smallest absolute Gasteiger partial charge is 0.263 e. The van der Waals surface area contributed by atoms with E-state index < -0.39 is 0 Å². The number of hydrogen-bond acceptors (Lipinski definition) is 7. The van der Waals surface area contributed by atoms with Crippen molar-refractivity contribution in [3.8, 4) is 0 Å². The van der Waals surface area contributed by atoms with Gasteiger partial charge in [-0.25, -0.2) is 0 Å². The number of fused-ring (bicyclic) bond motifs is 3. The van der Waals surface area contributed by atoms with Crippen molar-refractivity contribution in [3.63, 3.8) is 0 Å². The molecule has 1 aliphatic rings. The molecule has 0 saturated carbocycles. The van der Waals surface area contributed by atoms with Crippen molar-refractivity contribution in [1.29, 1.82) is 0 Å². The number of benzene rings is 1. The fourth-order valence-electron chi connectivity index (χ4n) is 4.24. The highest BCUT2D eigenvalue weighted by Crippen LogP contribution is 2.22. The summed E-state index contributed by atoms with van der Waals surface area (Å²) in [5.74, 6) is 0.789. The van der Waals surface area contributed by atoms with Gasteiger partial charge in [0.1, 0.15) is 0 Å². The van der Waals surface area contributed by atoms with Gasteiger partial charge >= 0.3 is 0 Å². The van der Waals surface area contributed by atoms with Gasteiger partial charge in [-0.2, -0.15) is 0 Å². The molecule has 0 unspecified atom stereocenters. The van der Waals surface area contributed by atoms with E-state index in [0.717, 1.165) is 25.2 Å². The van der Waals surface area contributed by atoms with Crippen LogP contribution in [0.15, 0.2) is 71.4 Å². The molecule has 34 heavy (non-hydrogen) atoms. The van der Waals surface area contributed by atoms with Crippen LogP contribution < -0.4 is 5.56 Å². The molecule has 10 heteroatoms. The summed E-state index contributed by atoms with van der Waals surface area (Å²) in [5.41, 5.74) is 1.83. The second-order valence-electron chi connectivity index (χ2n) is 8.14. The summed E-state index contributed by atoms with van der Waals surface area (Å²) in [4.78, 5) is 34.2. The molecule has 0 aliphatic carbocycles. The fraction of sp³-hybridized carbons (Fsp3) is 0.292. The molecule has 1 saturated heterocycles. The Morgan fingerprint density at radius 1 is 1.06 bits per heavy atom. The van der Waals surface area contributed by atoms with Crippen molar-refractivity contribution in [2.24, 2.45) is 0 Å². The van der Waals surface area contributed by atoms with Gasteiger partial charge in [-0.05, 0) is 29.8 Å². The molecule has 4 heterocycles. The van der Waals surface area contributed by atoms with Gasteiger partial charge in [0.2, 0.25) is 11.7 Å². The zero-order valence-electron chi connectivity index (χ0n) is 18.7. The summed E-state index contributed by atoms with van der Waals surface area (Å²) in [5, 5.41) is 9.73. The number of para-hydroxylation sites is 1. The van der Waals surface area contributed by atoms with Crippen molar-refractivity contribution < 1.29 is 4.79 Å². The second kappa shape index (κ2) is 9.78. The second-order valence-corrected chi connectivity index (χ2v) is 9.08. The van der Waals surface area contributed by atoms with Gasteiger partial charge < -0.3 is 4.90 Å². The molecule has 0 bridgehead atoms. The topological polar surface area (TPSA) is 88.6 Å². The normalized spacial score (nSPS) is 14.6. The third-order valence-corrected chi connectivity index (χ3v) is 6.91. The van der Waals surface area contributed by atoms with Gasteiger partial charge in [0, 0.05) is 51.7 Å². The molecule has 0 radical (unpaired) electrons. The zero-order valence-corrected chi connectivity index (χ0v) is 19.5. The fourth-order valence-corrected chi connectivity index (χ4v) is 5.08. The Labute approximate surface area is 200 Å². The van der Waals surface area contributed by atoms with Crippen LogP contribution in [-0.2, 0) is 17.9 Å². The minimum Gasteiger partial charge on any atom is -0.339 e. The molecule has 1 aromatic carbocycles. The number of hydrogen-bond donors (Lipinski definition) is 0. The van der Waals surface area contributed by atoms with Gasteiger partial charge in [0.15, 0.2) is 5.16 Å². The van der Waals surface area contributed by atoms with Crippen LogP contribution in [0.1, 0.15) is 5.56 Å². The van der Waals surface area contributed by atoms with E-state index in [1.807, 2.05) is 39.6 Å². The monoisotopic (exact) mass is 475 g/mol. The molecular weight excluding hydrogens is 450 g/mol. The number of aromatic nitrogens is 5. The lowest BCUT2D eigenvalue weighted by atomic mass is 10.2. The molecule has 4 aromatic rings. The first-order valence-electron chi connectivity index (χ1n) is 11.1. The van der Waals surface area contributed by atoms with Gasteiger partial charge in [-0.1, -0.05) is 30.0 Å². The number of nitrogens with zero attached hydrogens (tertiary/aromatic N) is 7. The number of carbonyl (C=O) groups excluding carboxylic acids is 1. The highest BCUT2D eigenvalue weighted by Gasteiger charge is 2.23. The maximum Gasteiger partial charge on any atom is 0.263 e. The standard InChI is InChI=1S/C24H25N7O2S/c1-2-11-30-22(33)19-5-3-4-6-20(19)31-23(30)26-27-24(31)34-17-21(32)29-14-12-28(13-15-29)16-18-7-9-25-10-8-18/h2-10H,1,11-17H2. The van der Waals surface area contributed by atoms with E-state index in [1.165, 1.54) is 17.3 Å². The highest BCUT2D eigenvalue weighted by molar-refractivity contribution is 7.99. The molecule has 1 fully saturated rings. The van der Waals surface area contributed by atoms with Crippen LogP contribution in [0.2, 0.25) is 0 Å². The lowest BCUT2D eigenvalue weighted by molar-refractivity contribution is -0.130. The molecule has 0 atom stereocenters. The summed E-state index contributed by atoms with van der Waals surface area (Å²) >= 11 is 1.35. The van der Waals surface area contributed by atoms with E-state index in [1.54, 1.807) is 29.1 Å². The van der Waals surface area contributed by atoms with E-state index in [4.69, 9.17) is 0 Å². The van der Waals surface area contributed by atoms with Gasteiger partial charge in [0.25, 0.3) is 5.56 Å². The third kappa shape index (κ3) is 4.34. The molecule has 1 amide bonds. The molecule has 9 nitrogen and oxygen atoms in total. The van der Waals surface area contributed by atoms with E-state index in [-0.39, 0.29) is 17.2 Å². The Kier molecular flexibility index (Phi) is 6.41. The van der Waals surface area contributed by atoms with Crippen LogP contribution in [0.4, 0.5) is 0 Å². The predicted molar refractivity (Wildman–Crippen MR) is 132 cm³/mol. The molecule has 3 aromatic heterocycles. The summed E-state index contributed by atoms with van der Waals surface area (Å²) in [6, 6.07) is 11.4. The maximum atomic E-state index is 12.9. The lowest BCUT2D eigenvalue weighted by Gasteiger charge is -2.34. The van der Waals surface area contributed by atoms with Crippen molar-refractivity contribution in [3.05, 3.63) is 77.4 Å². The molecule has 0 N–H and O–H groups in total. The number of thioether (sulfide) groups is 1. The van der Waals surface area contributed by atoms with E-state index in [0.29, 0.717) is 36.0 Å². The first kappa shape index (κ1) is 22.3. The SMILES string of the molecule is C=CCn1c(=O)c2ccccc2n2c(SCC(=O)N3CCN(Cc4ccncc4)CC3)nnc12. The van der Waals surface area contributed by atoms with Gasteiger partial charge in [-0.15, -0.1) is 16.8 Å². The Morgan fingerprint density at radius 3 is 2.59 bits per heavy atom. The average Bonchev–Trinajstić information content (AvgIpc) is 3.30. The maximum absolute atomic E-state index is 12.9. The predicted octanol–water partition coefficient (Wildman–Crippen LogP) is 2.06. The Bertz CT molecular complexity index is 1390. The van der Waals surface area contributed by atoms with Crippen molar-refractivity contribution >= 4 is 34.3 Å². The Morgan fingerprint density at radius 2 is 1.82 bits per heavy atom. The van der Waals surface area contributed by atoms with Crippen LogP contribution in [0.3, 0.4) is 0 Å². The summed E-state index contributed by atoms with van der Waals surface area (Å²) in [6.07, 6.45) is 5.27. The van der Waals surface area contributed by atoms with Gasteiger partial charge in [0.05, 0.1) is 16.7 Å². The van der Waals surface area contributed by atoms with E-state index in [9.17, 15) is 9.59 Å². The third-order valence-electron chi connectivity index (χ3n) is 6.00. The summed E-state index contributed by atoms with van der Waals surface area (Å²) in [6.45, 7) is 8.03. The van der Waals surface area contributed by atoms with Crippen LogP contribution in [0, 0.1) is 0 Å². The first-order chi connectivity index (χ1) is 16.7. The molecule has 5 rings (SSSR count). The van der Waals surface area contributed by atoms with Gasteiger partial charge in [-0.3, -0.25) is 28.4 Å². The van der Waals surface area contributed by atoms with Crippen LogP contribution in [0.5, 0.6) is 0 Å². The van der Waals surface area contributed by atoms with Crippen LogP contribution in [0.25, 0.3) is 16.7 Å².